The second-order valence-corrected chi connectivity index (χ2v) is 9.57. The van der Waals surface area contributed by atoms with Crippen LogP contribution in [0.15, 0.2) is 24.3 Å². The first-order valence-corrected chi connectivity index (χ1v) is 13.3. The molecule has 0 unspecified atom stereocenters. The lowest BCUT2D eigenvalue weighted by Gasteiger charge is -2.30. The van der Waals surface area contributed by atoms with Gasteiger partial charge >= 0.3 is 12.1 Å². The molecule has 2 rings (SSSR count). The maximum absolute atomic E-state index is 13.3. The average molecular weight is 527 g/mol. The molecule has 1 aliphatic rings. The van der Waals surface area contributed by atoms with Gasteiger partial charge in [0.05, 0.1) is 19.8 Å². The lowest BCUT2D eigenvalue weighted by atomic mass is 9.94. The van der Waals surface area contributed by atoms with E-state index in [1.807, 2.05) is 36.2 Å². The van der Waals surface area contributed by atoms with Crippen molar-refractivity contribution in [2.45, 2.75) is 51.2 Å². The smallest absolute Gasteiger partial charge is 0.406 e. The minimum atomic E-state index is -0.500. The van der Waals surface area contributed by atoms with Crippen LogP contribution in [-0.2, 0) is 14.2 Å². The van der Waals surface area contributed by atoms with Crippen LogP contribution in [0.25, 0.3) is 0 Å². The summed E-state index contributed by atoms with van der Waals surface area (Å²) in [6.07, 6.45) is 3.78. The van der Waals surface area contributed by atoms with Crippen molar-refractivity contribution >= 4 is 23.7 Å². The van der Waals surface area contributed by atoms with Gasteiger partial charge in [-0.05, 0) is 62.8 Å². The van der Waals surface area contributed by atoms with E-state index in [1.165, 1.54) is 7.11 Å². The summed E-state index contributed by atoms with van der Waals surface area (Å²) in [5.41, 5.74) is 0.933. The Labute approximate surface area is 220 Å². The number of urea groups is 1. The van der Waals surface area contributed by atoms with Crippen molar-refractivity contribution in [3.63, 3.8) is 0 Å². The molecule has 3 amide bonds. The van der Waals surface area contributed by atoms with Gasteiger partial charge in [-0.1, -0.05) is 30.7 Å². The van der Waals surface area contributed by atoms with Crippen LogP contribution in [0, 0.1) is 5.92 Å². The summed E-state index contributed by atoms with van der Waals surface area (Å²) in [5.74, 6) is 0.469. The number of carbonyl (C=O) groups is 2. The minimum absolute atomic E-state index is 0.0397. The molecule has 0 bridgehead atoms. The first-order chi connectivity index (χ1) is 17.5. The number of nitrogens with zero attached hydrogens (tertiary/aromatic N) is 1. The number of ether oxygens (including phenoxy) is 3. The highest BCUT2D eigenvalue weighted by Crippen LogP contribution is 2.25. The summed E-state index contributed by atoms with van der Waals surface area (Å²) in [6, 6.07) is 7.51. The van der Waals surface area contributed by atoms with Gasteiger partial charge in [-0.15, -0.1) is 0 Å². The normalized spacial score (nSPS) is 17.2. The van der Waals surface area contributed by atoms with E-state index in [1.54, 1.807) is 0 Å². The van der Waals surface area contributed by atoms with E-state index < -0.39 is 6.09 Å². The molecule has 0 radical (unpaired) electrons. The van der Waals surface area contributed by atoms with Crippen LogP contribution in [0.3, 0.4) is 0 Å². The molecule has 1 aliphatic heterocycles. The van der Waals surface area contributed by atoms with Crippen molar-refractivity contribution < 1.29 is 23.8 Å². The van der Waals surface area contributed by atoms with Gasteiger partial charge in [0.2, 0.25) is 0 Å². The number of amides is 3. The lowest BCUT2D eigenvalue weighted by molar-refractivity contribution is 0.0418. The Bertz CT molecular complexity index is 778. The highest BCUT2D eigenvalue weighted by atomic mass is 35.5. The van der Waals surface area contributed by atoms with E-state index in [-0.39, 0.29) is 18.2 Å². The minimum Gasteiger partial charge on any atom is -0.453 e. The molecule has 1 aromatic carbocycles. The van der Waals surface area contributed by atoms with Crippen molar-refractivity contribution in [2.24, 2.45) is 5.92 Å². The summed E-state index contributed by atoms with van der Waals surface area (Å²) in [7, 11) is 3.23. The number of nitrogens with one attached hydrogen (secondary N) is 3. The number of alkyl carbamates (subject to hydrolysis) is 1. The van der Waals surface area contributed by atoms with Gasteiger partial charge in [-0.25, -0.2) is 9.59 Å². The molecule has 3 N–H and O–H groups in total. The maximum atomic E-state index is 13.3. The van der Waals surface area contributed by atoms with Crippen molar-refractivity contribution in [2.75, 3.05) is 60.2 Å². The van der Waals surface area contributed by atoms with E-state index in [0.717, 1.165) is 44.5 Å². The van der Waals surface area contributed by atoms with Gasteiger partial charge in [0.15, 0.2) is 0 Å². The van der Waals surface area contributed by atoms with Gasteiger partial charge in [0.25, 0.3) is 0 Å². The summed E-state index contributed by atoms with van der Waals surface area (Å²) in [6.45, 7) is 6.17. The molecule has 0 saturated carbocycles. The van der Waals surface area contributed by atoms with E-state index in [0.29, 0.717) is 50.1 Å². The highest BCUT2D eigenvalue weighted by Gasteiger charge is 2.23. The fourth-order valence-electron chi connectivity index (χ4n) is 4.44. The van der Waals surface area contributed by atoms with E-state index in [2.05, 4.69) is 27.6 Å². The number of benzene rings is 1. The second kappa shape index (κ2) is 17.4. The molecular formula is C26H43ClN4O5. The molecular weight excluding hydrogens is 484 g/mol. The van der Waals surface area contributed by atoms with Crippen LogP contribution in [0.5, 0.6) is 0 Å². The maximum Gasteiger partial charge on any atom is 0.406 e. The molecule has 1 heterocycles. The average Bonchev–Trinajstić information content (AvgIpc) is 2.88. The number of hydrogen-bond donors (Lipinski definition) is 3. The number of rotatable bonds is 15. The molecule has 1 aromatic rings. The van der Waals surface area contributed by atoms with Crippen LogP contribution in [0.1, 0.15) is 50.7 Å². The SMILES string of the molecule is CCCN(CC[C@H](OCCNC(=O)OC)c1cccc(Cl)c1)C(=O)N[C@H](CNC)C[C@H]1CCCOC1. The third-order valence-electron chi connectivity index (χ3n) is 6.19. The Hall–Kier alpha value is -2.07. The number of methoxy groups -OCH3 is 1. The Morgan fingerprint density at radius 1 is 1.31 bits per heavy atom. The molecule has 3 atom stereocenters. The van der Waals surface area contributed by atoms with E-state index in [4.69, 9.17) is 21.1 Å². The zero-order valence-corrected chi connectivity index (χ0v) is 22.6. The third-order valence-corrected chi connectivity index (χ3v) is 6.42. The third kappa shape index (κ3) is 11.3. The topological polar surface area (TPSA) is 101 Å². The molecule has 204 valence electrons. The molecule has 1 saturated heterocycles. The fraction of sp³-hybridized carbons (Fsp3) is 0.692. The first-order valence-electron chi connectivity index (χ1n) is 12.9. The van der Waals surface area contributed by atoms with Crippen LogP contribution in [0.4, 0.5) is 9.59 Å². The Morgan fingerprint density at radius 2 is 2.14 bits per heavy atom. The van der Waals surface area contributed by atoms with Crippen molar-refractivity contribution in [3.8, 4) is 0 Å². The van der Waals surface area contributed by atoms with Gasteiger partial charge in [-0.2, -0.15) is 0 Å². The molecule has 0 aliphatic carbocycles. The quantitative estimate of drug-likeness (QED) is 0.299. The Kier molecular flexibility index (Phi) is 14.6. The number of halogens is 1. The van der Waals surface area contributed by atoms with Gasteiger partial charge in [0.1, 0.15) is 0 Å². The van der Waals surface area contributed by atoms with Crippen molar-refractivity contribution in [1.29, 1.82) is 0 Å². The molecule has 1 fully saturated rings. The van der Waals surface area contributed by atoms with Crippen LogP contribution >= 0.6 is 11.6 Å². The van der Waals surface area contributed by atoms with Crippen LogP contribution in [-0.4, -0.2) is 83.2 Å². The number of likely N-dealkylation sites (N-methyl/N-ethyl adjacent to an activating group) is 1. The van der Waals surface area contributed by atoms with E-state index in [9.17, 15) is 9.59 Å². The van der Waals surface area contributed by atoms with Crippen molar-refractivity contribution in [1.82, 2.24) is 20.9 Å². The summed E-state index contributed by atoms with van der Waals surface area (Å²) >= 11 is 6.22. The van der Waals surface area contributed by atoms with Gasteiger partial charge < -0.3 is 35.1 Å². The Balaban J connectivity index is 1.99. The zero-order chi connectivity index (χ0) is 26.2. The lowest BCUT2D eigenvalue weighted by Crippen LogP contribution is -2.49. The summed E-state index contributed by atoms with van der Waals surface area (Å²) in [5, 5.41) is 9.69. The molecule has 0 aromatic heterocycles. The number of hydrogen-bond acceptors (Lipinski definition) is 6. The first kappa shape index (κ1) is 30.2. The van der Waals surface area contributed by atoms with Crippen LogP contribution < -0.4 is 16.0 Å². The monoisotopic (exact) mass is 526 g/mol. The van der Waals surface area contributed by atoms with E-state index >= 15 is 0 Å². The standard InChI is InChI=1S/C26H43ClN4O5/c1-4-12-31(25(32)30-23(18-28-2)16-20-7-6-14-35-19-20)13-10-24(21-8-5-9-22(27)17-21)36-15-11-29-26(33)34-3/h5,8-9,17,20,23-24,28H,4,6-7,10-16,18-19H2,1-3H3,(H,29,33)(H,30,32)/t20-,23+,24+/m1/s1. The highest BCUT2D eigenvalue weighted by molar-refractivity contribution is 6.30. The molecule has 10 heteroatoms. The molecule has 0 spiro atoms. The predicted octanol–water partition coefficient (Wildman–Crippen LogP) is 3.97. The molecule has 9 nitrogen and oxygen atoms in total. The predicted molar refractivity (Wildman–Crippen MR) is 141 cm³/mol. The zero-order valence-electron chi connectivity index (χ0n) is 21.9. The van der Waals surface area contributed by atoms with Crippen LogP contribution in [0.2, 0.25) is 5.02 Å². The van der Waals surface area contributed by atoms with Gasteiger partial charge in [-0.3, -0.25) is 0 Å². The van der Waals surface area contributed by atoms with Gasteiger partial charge in [0, 0.05) is 50.5 Å². The molecule has 36 heavy (non-hydrogen) atoms. The fourth-order valence-corrected chi connectivity index (χ4v) is 4.64. The van der Waals surface area contributed by atoms with Crippen molar-refractivity contribution in [3.05, 3.63) is 34.9 Å². The largest absolute Gasteiger partial charge is 0.453 e. The summed E-state index contributed by atoms with van der Waals surface area (Å²) in [4.78, 5) is 26.4. The summed E-state index contributed by atoms with van der Waals surface area (Å²) < 4.78 is 16.3. The second-order valence-electron chi connectivity index (χ2n) is 9.13. The Morgan fingerprint density at radius 3 is 2.81 bits per heavy atom. The number of carbonyl (C=O) groups excluding carboxylic acids is 2.